The van der Waals surface area contributed by atoms with Gasteiger partial charge >= 0.3 is 0 Å². The molecule has 0 bridgehead atoms. The Morgan fingerprint density at radius 2 is 2.00 bits per heavy atom. The van der Waals surface area contributed by atoms with Crippen molar-refractivity contribution in [3.63, 3.8) is 0 Å². The largest absolute Gasteiger partial charge is 0.493 e. The molecule has 1 aliphatic heterocycles. The standard InChI is InChI=1S/C25H24ClN3O3S.ClH/c1-31-22-15-19(8-9-21(22)32-14-11-18-3-2-12-27-18)29-13-10-20-23(25(29)30)33-24(28-20)16-4-6-17(26)7-5-16;/h4-10,13,15,18,27H,2-3,11-12,14H2,1H3;1H. The van der Waals surface area contributed by atoms with Gasteiger partial charge in [-0.3, -0.25) is 9.36 Å². The number of rotatable bonds is 7. The number of methoxy groups -OCH3 is 1. The number of thiazole rings is 1. The number of fused-ring (bicyclic) bond motifs is 1. The van der Waals surface area contributed by atoms with Crippen LogP contribution in [0.2, 0.25) is 5.02 Å². The van der Waals surface area contributed by atoms with Gasteiger partial charge in [-0.1, -0.05) is 23.7 Å². The lowest BCUT2D eigenvalue weighted by molar-refractivity contribution is 0.275. The number of aromatic nitrogens is 2. The van der Waals surface area contributed by atoms with Crippen LogP contribution in [0.15, 0.2) is 59.5 Å². The molecule has 1 atom stereocenters. The summed E-state index contributed by atoms with van der Waals surface area (Å²) in [6, 6.07) is 15.4. The van der Waals surface area contributed by atoms with Crippen molar-refractivity contribution < 1.29 is 9.47 Å². The average Bonchev–Trinajstić information content (AvgIpc) is 3.51. The van der Waals surface area contributed by atoms with E-state index in [1.54, 1.807) is 17.9 Å². The Balaban J connectivity index is 0.00000274. The van der Waals surface area contributed by atoms with Crippen LogP contribution in [-0.4, -0.2) is 35.9 Å². The molecule has 9 heteroatoms. The molecule has 0 radical (unpaired) electrons. The summed E-state index contributed by atoms with van der Waals surface area (Å²) in [5, 5.41) is 4.93. The highest BCUT2D eigenvalue weighted by atomic mass is 35.5. The Morgan fingerprint density at radius 3 is 2.74 bits per heavy atom. The van der Waals surface area contributed by atoms with Crippen LogP contribution in [0.25, 0.3) is 26.5 Å². The SMILES string of the molecule is COc1cc(-n2ccc3nc(-c4ccc(Cl)cc4)sc3c2=O)ccc1OCCC1CCCN1.Cl. The Morgan fingerprint density at radius 1 is 1.18 bits per heavy atom. The number of nitrogens with one attached hydrogen (secondary N) is 1. The predicted molar refractivity (Wildman–Crippen MR) is 141 cm³/mol. The van der Waals surface area contributed by atoms with Crippen LogP contribution in [-0.2, 0) is 0 Å². The lowest BCUT2D eigenvalue weighted by Crippen LogP contribution is -2.23. The second-order valence-corrected chi connectivity index (χ2v) is 9.43. The molecule has 5 rings (SSSR count). The third-order valence-electron chi connectivity index (χ3n) is 5.85. The van der Waals surface area contributed by atoms with Crippen molar-refractivity contribution in [2.45, 2.75) is 25.3 Å². The molecule has 2 aromatic carbocycles. The molecule has 6 nitrogen and oxygen atoms in total. The highest BCUT2D eigenvalue weighted by molar-refractivity contribution is 7.21. The first kappa shape index (κ1) is 24.5. The zero-order valence-corrected chi connectivity index (χ0v) is 21.0. The fourth-order valence-corrected chi connectivity index (χ4v) is 5.20. The molecular weight excluding hydrogens is 493 g/mol. The zero-order chi connectivity index (χ0) is 22.8. The Hall–Kier alpha value is -2.58. The quantitative estimate of drug-likeness (QED) is 0.339. The third-order valence-corrected chi connectivity index (χ3v) is 7.21. The van der Waals surface area contributed by atoms with Gasteiger partial charge in [-0.15, -0.1) is 23.7 Å². The molecule has 1 saturated heterocycles. The van der Waals surface area contributed by atoms with Gasteiger partial charge in [0.15, 0.2) is 11.5 Å². The van der Waals surface area contributed by atoms with Crippen molar-refractivity contribution in [2.75, 3.05) is 20.3 Å². The van der Waals surface area contributed by atoms with Crippen LogP contribution in [0.1, 0.15) is 19.3 Å². The molecule has 1 fully saturated rings. The van der Waals surface area contributed by atoms with Gasteiger partial charge in [0.25, 0.3) is 5.56 Å². The van der Waals surface area contributed by atoms with Crippen LogP contribution in [0.3, 0.4) is 0 Å². The van der Waals surface area contributed by atoms with Crippen molar-refractivity contribution in [1.29, 1.82) is 0 Å². The van der Waals surface area contributed by atoms with Crippen molar-refractivity contribution in [2.24, 2.45) is 0 Å². The summed E-state index contributed by atoms with van der Waals surface area (Å²) in [6.45, 7) is 1.70. The van der Waals surface area contributed by atoms with E-state index in [2.05, 4.69) is 10.3 Å². The predicted octanol–water partition coefficient (Wildman–Crippen LogP) is 5.72. The second-order valence-electron chi connectivity index (χ2n) is 8.00. The lowest BCUT2D eigenvalue weighted by Gasteiger charge is -2.15. The molecule has 2 aromatic heterocycles. The zero-order valence-electron chi connectivity index (χ0n) is 18.6. The first-order valence-electron chi connectivity index (χ1n) is 10.9. The summed E-state index contributed by atoms with van der Waals surface area (Å²) < 4.78 is 13.7. The number of nitrogens with zero attached hydrogens (tertiary/aromatic N) is 2. The smallest absolute Gasteiger partial charge is 0.274 e. The number of pyridine rings is 1. The maximum Gasteiger partial charge on any atom is 0.274 e. The molecule has 4 aromatic rings. The summed E-state index contributed by atoms with van der Waals surface area (Å²) in [4.78, 5) is 17.9. The molecule has 0 aliphatic carbocycles. The van der Waals surface area contributed by atoms with E-state index in [9.17, 15) is 4.79 Å². The van der Waals surface area contributed by atoms with Crippen molar-refractivity contribution in [3.05, 3.63) is 70.1 Å². The number of hydrogen-bond donors (Lipinski definition) is 1. The van der Waals surface area contributed by atoms with Gasteiger partial charge in [0.1, 0.15) is 9.71 Å². The van der Waals surface area contributed by atoms with E-state index in [1.807, 2.05) is 48.5 Å². The molecule has 1 unspecified atom stereocenters. The molecule has 1 N–H and O–H groups in total. The van der Waals surface area contributed by atoms with Gasteiger partial charge in [0.05, 0.1) is 24.9 Å². The molecular formula is C25H25Cl2N3O3S. The maximum atomic E-state index is 13.3. The molecule has 3 heterocycles. The van der Waals surface area contributed by atoms with Crippen LogP contribution < -0.4 is 20.3 Å². The number of benzene rings is 2. The van der Waals surface area contributed by atoms with Crippen molar-refractivity contribution in [3.8, 4) is 27.8 Å². The number of hydrogen-bond acceptors (Lipinski definition) is 6. The summed E-state index contributed by atoms with van der Waals surface area (Å²) in [6.07, 6.45) is 5.13. The van der Waals surface area contributed by atoms with E-state index < -0.39 is 0 Å². The third kappa shape index (κ3) is 5.08. The Labute approximate surface area is 212 Å². The molecule has 178 valence electrons. The molecule has 34 heavy (non-hydrogen) atoms. The highest BCUT2D eigenvalue weighted by Crippen LogP contribution is 2.32. The van der Waals surface area contributed by atoms with E-state index in [-0.39, 0.29) is 18.0 Å². The molecule has 0 saturated carbocycles. The fraction of sp³-hybridized carbons (Fsp3) is 0.280. The number of ether oxygens (including phenoxy) is 2. The van der Waals surface area contributed by atoms with Crippen LogP contribution in [0.4, 0.5) is 0 Å². The highest BCUT2D eigenvalue weighted by Gasteiger charge is 2.16. The normalized spacial score (nSPS) is 15.3. The first-order valence-corrected chi connectivity index (χ1v) is 12.1. The Kier molecular flexibility index (Phi) is 7.78. The lowest BCUT2D eigenvalue weighted by atomic mass is 10.2. The van der Waals surface area contributed by atoms with Gasteiger partial charge in [-0.2, -0.15) is 0 Å². The van der Waals surface area contributed by atoms with E-state index in [4.69, 9.17) is 21.1 Å². The maximum absolute atomic E-state index is 13.3. The van der Waals surface area contributed by atoms with Crippen LogP contribution >= 0.6 is 35.3 Å². The monoisotopic (exact) mass is 517 g/mol. The topological polar surface area (TPSA) is 65.4 Å². The van der Waals surface area contributed by atoms with Gasteiger partial charge in [0, 0.05) is 28.9 Å². The summed E-state index contributed by atoms with van der Waals surface area (Å²) in [5.74, 6) is 1.28. The van der Waals surface area contributed by atoms with Crippen LogP contribution in [0, 0.1) is 0 Å². The van der Waals surface area contributed by atoms with Gasteiger partial charge in [0.2, 0.25) is 0 Å². The molecule has 0 amide bonds. The summed E-state index contributed by atoms with van der Waals surface area (Å²) >= 11 is 7.37. The second kappa shape index (κ2) is 10.8. The minimum Gasteiger partial charge on any atom is -0.493 e. The minimum atomic E-state index is -0.117. The van der Waals surface area contributed by atoms with Gasteiger partial charge < -0.3 is 14.8 Å². The average molecular weight is 518 g/mol. The van der Waals surface area contributed by atoms with Gasteiger partial charge in [-0.05, 0) is 56.1 Å². The number of halogens is 2. The fourth-order valence-electron chi connectivity index (χ4n) is 4.08. The Bertz CT molecular complexity index is 1330. The molecule has 0 spiro atoms. The van der Waals surface area contributed by atoms with E-state index in [0.717, 1.165) is 23.5 Å². The van der Waals surface area contributed by atoms with Crippen molar-refractivity contribution in [1.82, 2.24) is 14.9 Å². The summed E-state index contributed by atoms with van der Waals surface area (Å²) in [7, 11) is 1.61. The van der Waals surface area contributed by atoms with E-state index in [1.165, 1.54) is 24.2 Å². The summed E-state index contributed by atoms with van der Waals surface area (Å²) in [5.41, 5.74) is 2.21. The van der Waals surface area contributed by atoms with Crippen LogP contribution in [0.5, 0.6) is 11.5 Å². The first-order chi connectivity index (χ1) is 16.1. The van der Waals surface area contributed by atoms with Crippen molar-refractivity contribution >= 4 is 45.6 Å². The van der Waals surface area contributed by atoms with E-state index >= 15 is 0 Å². The molecule has 1 aliphatic rings. The minimum absolute atomic E-state index is 0. The van der Waals surface area contributed by atoms with Gasteiger partial charge in [-0.25, -0.2) is 4.98 Å². The van der Waals surface area contributed by atoms with E-state index in [0.29, 0.717) is 45.1 Å².